The maximum atomic E-state index is 9.53. The quantitative estimate of drug-likeness (QED) is 0.385. The Morgan fingerprint density at radius 1 is 0.379 bits per heavy atom. The van der Waals surface area contributed by atoms with Gasteiger partial charge in [-0.25, -0.2) is 0 Å². The Morgan fingerprint density at radius 3 is 0.483 bits per heavy atom. The summed E-state index contributed by atoms with van der Waals surface area (Å²) in [5.41, 5.74) is 0. The van der Waals surface area contributed by atoms with E-state index in [-0.39, 0.29) is 85.3 Å². The van der Waals surface area contributed by atoms with Gasteiger partial charge < -0.3 is 35.7 Å². The first-order valence-corrected chi connectivity index (χ1v) is 9.97. The molecule has 0 heterocycles. The second-order valence-electron chi connectivity index (χ2n) is 4.33. The molecule has 0 saturated heterocycles. The third kappa shape index (κ3) is 434. The molecule has 0 unspecified atom stereocenters. The fourth-order valence-corrected chi connectivity index (χ4v) is 0.433. The molecule has 0 radical (unpaired) electrons. The van der Waals surface area contributed by atoms with Crippen LogP contribution in [0.3, 0.4) is 0 Å². The van der Waals surface area contributed by atoms with Gasteiger partial charge in [-0.15, -0.1) is 46.2 Å². The maximum absolute atomic E-state index is 9.53. The average molecular weight is 474 g/mol. The number of unbranched alkanes of at least 4 members (excludes halogenated alkanes) is 3. The Morgan fingerprint density at radius 2 is 0.483 bits per heavy atom. The smallest absolute Gasteiger partial charge is 0.855 e. The Bertz CT molecular complexity index is 103. The molecule has 0 atom stereocenters. The van der Waals surface area contributed by atoms with Gasteiger partial charge in [0.05, 0.1) is 0 Å². The average Bonchev–Trinajstić information content (AvgIpc) is 2.61. The van der Waals surface area contributed by atoms with E-state index < -0.39 is 0 Å². The fraction of sp³-hybridized carbons (Fsp3) is 1.00. The number of hydrogen-bond acceptors (Lipinski definition) is 7. The van der Waals surface area contributed by atoms with Gasteiger partial charge >= 0.3 is 39.1 Å². The van der Waals surface area contributed by atoms with Crippen LogP contribution in [-0.4, -0.2) is 63.6 Å². The third-order valence-electron chi connectivity index (χ3n) is 1.49. The van der Waals surface area contributed by atoms with Crippen LogP contribution in [0.1, 0.15) is 87.0 Å². The van der Waals surface area contributed by atoms with E-state index in [1.54, 1.807) is 27.7 Å². The molecule has 0 saturated carbocycles. The van der Waals surface area contributed by atoms with E-state index >= 15 is 0 Å². The van der Waals surface area contributed by atoms with Crippen LogP contribution in [-0.2, 0) is 21.7 Å². The molecule has 0 aromatic heterocycles. The molecule has 0 aliphatic heterocycles. The Kier molecular flexibility index (Phi) is 229. The Hall–Kier alpha value is 0.967. The molecule has 0 spiro atoms. The summed E-state index contributed by atoms with van der Waals surface area (Å²) in [4.78, 5) is 0. The van der Waals surface area contributed by atoms with E-state index in [1.807, 2.05) is 20.8 Å². The van der Waals surface area contributed by atoms with E-state index in [0.29, 0.717) is 0 Å². The van der Waals surface area contributed by atoms with Crippen molar-refractivity contribution in [2.45, 2.75) is 87.0 Å². The van der Waals surface area contributed by atoms with Gasteiger partial charge in [0.15, 0.2) is 0 Å². The molecule has 9 heteroatoms. The van der Waals surface area contributed by atoms with Gasteiger partial charge in [0.2, 0.25) is 0 Å². The van der Waals surface area contributed by atoms with Gasteiger partial charge in [-0.2, -0.15) is 0 Å². The van der Waals surface area contributed by atoms with Crippen LogP contribution in [0.5, 0.6) is 0 Å². The first-order chi connectivity index (χ1) is 12.9. The molecule has 7 nitrogen and oxygen atoms in total. The van der Waals surface area contributed by atoms with Crippen molar-refractivity contribution in [3.63, 3.8) is 0 Å². The molecule has 0 aromatic carbocycles. The van der Waals surface area contributed by atoms with Crippen LogP contribution in [0.15, 0.2) is 0 Å². The molecule has 176 valence electrons. The second kappa shape index (κ2) is 116. The van der Waals surface area contributed by atoms with E-state index in [2.05, 4.69) is 0 Å². The summed E-state index contributed by atoms with van der Waals surface area (Å²) in [6, 6.07) is 0. The molecule has 0 amide bonds. The normalized spacial score (nSPS) is 6.83. The minimum atomic E-state index is 0. The second-order valence-corrected chi connectivity index (χ2v) is 4.33. The van der Waals surface area contributed by atoms with Gasteiger partial charge in [0, 0.05) is 0 Å². The summed E-state index contributed by atoms with van der Waals surface area (Å²) in [6.45, 7) is 12.6. The Labute approximate surface area is 207 Å². The molecule has 0 N–H and O–H groups in total. The first kappa shape index (κ1) is 57.2. The number of rotatable bonds is 6. The molecule has 0 bridgehead atoms. The van der Waals surface area contributed by atoms with E-state index in [0.717, 1.165) is 38.5 Å². The van der Waals surface area contributed by atoms with E-state index in [1.165, 1.54) is 0 Å². The monoisotopic (exact) mass is 474 g/mol. The summed E-state index contributed by atoms with van der Waals surface area (Å²) >= 11 is 0. The summed E-state index contributed by atoms with van der Waals surface area (Å²) in [6.07, 6.45) is 5.59. The van der Waals surface area contributed by atoms with Gasteiger partial charge in [0.1, 0.15) is 0 Å². The van der Waals surface area contributed by atoms with Crippen LogP contribution < -0.4 is 35.7 Å². The van der Waals surface area contributed by atoms with Crippen LogP contribution in [0, 0.1) is 0 Å². The molecule has 0 fully saturated rings. The predicted molar refractivity (Wildman–Crippen MR) is 107 cm³/mol. The van der Waals surface area contributed by atoms with Gasteiger partial charge in [0.25, 0.3) is 0 Å². The summed E-state index contributed by atoms with van der Waals surface area (Å²) in [7, 11) is 0. The predicted octanol–water partition coefficient (Wildman–Crippen LogP) is -2.48. The van der Waals surface area contributed by atoms with Crippen LogP contribution in [0.25, 0.3) is 0 Å². The molecule has 0 rings (SSSR count). The minimum Gasteiger partial charge on any atom is -0.855 e. The van der Waals surface area contributed by atoms with E-state index in [9.17, 15) is 15.3 Å². The van der Waals surface area contributed by atoms with Crippen molar-refractivity contribution < 1.29 is 57.5 Å². The summed E-state index contributed by atoms with van der Waals surface area (Å²) in [5.74, 6) is 0. The Balaban J connectivity index is -0.0000000231. The summed E-state index contributed by atoms with van der Waals surface area (Å²) < 4.78 is 0. The van der Waals surface area contributed by atoms with Crippen LogP contribution >= 0.6 is 0 Å². The zero-order valence-corrected chi connectivity index (χ0v) is 22.8. The fourth-order valence-electron chi connectivity index (χ4n) is 0.433. The van der Waals surface area contributed by atoms with Crippen molar-refractivity contribution in [1.29, 1.82) is 0 Å². The zero-order valence-electron chi connectivity index (χ0n) is 20.1. The van der Waals surface area contributed by atoms with Crippen molar-refractivity contribution in [3.8, 4) is 0 Å². The zero-order chi connectivity index (χ0) is 23.2. The minimum absolute atomic E-state index is 0. The molecule has 0 aliphatic rings. The van der Waals surface area contributed by atoms with Crippen molar-refractivity contribution in [3.05, 3.63) is 0 Å². The first-order valence-electron chi connectivity index (χ1n) is 9.97. The maximum Gasteiger partial charge on any atom is 4.00 e. The molecular formula is C20H47AlO7Ti. The van der Waals surface area contributed by atoms with Gasteiger partial charge in [-0.3, -0.25) is 0 Å². The molecule has 0 aromatic rings. The summed E-state index contributed by atoms with van der Waals surface area (Å²) in [5, 5.41) is 64.3. The number of hydrogen-bond donors (Lipinski definition) is 0. The van der Waals surface area contributed by atoms with Gasteiger partial charge in [-0.1, -0.05) is 87.0 Å². The van der Waals surface area contributed by atoms with Crippen molar-refractivity contribution >= 4 is 17.4 Å². The van der Waals surface area contributed by atoms with Crippen LogP contribution in [0.2, 0.25) is 0 Å². The molecular weight excluding hydrogens is 427 g/mol. The standard InChI is InChI=1S/3C4H9O.4C2H5O.Al.Ti/c3*1-2-3-4-5;4*1-2-3;;/h3*2-4H2,1H3;4*2H2,1H3;;/q7*-1;+3;+4. The topological polar surface area (TPSA) is 161 Å². The SMILES string of the molecule is CCCC[O-].CCCC[O-].CCCC[O-].CC[O-].CC[O-].CC[O-].CC[O-].[Al+3].[Ti+4]. The van der Waals surface area contributed by atoms with Crippen molar-refractivity contribution in [1.82, 2.24) is 0 Å². The third-order valence-corrected chi connectivity index (χ3v) is 1.49. The van der Waals surface area contributed by atoms with E-state index in [4.69, 9.17) is 20.4 Å². The molecule has 0 aliphatic carbocycles. The van der Waals surface area contributed by atoms with Crippen LogP contribution in [0.4, 0.5) is 0 Å². The van der Waals surface area contributed by atoms with Crippen molar-refractivity contribution in [2.75, 3.05) is 46.2 Å². The van der Waals surface area contributed by atoms with Crippen molar-refractivity contribution in [2.24, 2.45) is 0 Å². The molecule has 29 heavy (non-hydrogen) atoms. The van der Waals surface area contributed by atoms with Gasteiger partial charge in [-0.05, 0) is 0 Å². The largest absolute Gasteiger partial charge is 4.00 e.